The second-order valence-electron chi connectivity index (χ2n) is 9.66. The molecule has 0 bridgehead atoms. The Morgan fingerprint density at radius 2 is 1.78 bits per heavy atom. The summed E-state index contributed by atoms with van der Waals surface area (Å²) < 4.78 is 5.28. The van der Waals surface area contributed by atoms with Crippen LogP contribution in [0.15, 0.2) is 29.3 Å². The third-order valence-electron chi connectivity index (χ3n) is 5.31. The van der Waals surface area contributed by atoms with Crippen LogP contribution in [-0.2, 0) is 11.2 Å². The molecule has 1 aromatic carbocycles. The molecular weight excluding hydrogens is 404 g/mol. The zero-order valence-corrected chi connectivity index (χ0v) is 20.7. The molecule has 1 unspecified atom stereocenters. The summed E-state index contributed by atoms with van der Waals surface area (Å²) in [5, 5.41) is 9.58. The molecule has 32 heavy (non-hydrogen) atoms. The lowest BCUT2D eigenvalue weighted by Crippen LogP contribution is -2.47. The van der Waals surface area contributed by atoms with Crippen LogP contribution in [0.1, 0.15) is 33.3 Å². The van der Waals surface area contributed by atoms with Crippen molar-refractivity contribution in [2.24, 2.45) is 10.9 Å². The molecule has 8 nitrogen and oxygen atoms in total. The number of nitrogens with zero attached hydrogens (tertiary/aromatic N) is 3. The summed E-state index contributed by atoms with van der Waals surface area (Å²) in [4.78, 5) is 21.1. The van der Waals surface area contributed by atoms with Gasteiger partial charge in [-0.15, -0.1) is 0 Å². The molecule has 1 atom stereocenters. The number of hydrogen-bond acceptors (Lipinski definition) is 5. The number of amides is 1. The van der Waals surface area contributed by atoms with Crippen molar-refractivity contribution in [3.05, 3.63) is 29.8 Å². The van der Waals surface area contributed by atoms with Crippen LogP contribution in [0.3, 0.4) is 0 Å². The molecule has 1 saturated heterocycles. The molecular formula is C24H42N6O2. The molecule has 1 heterocycles. The van der Waals surface area contributed by atoms with E-state index < -0.39 is 11.7 Å². The van der Waals surface area contributed by atoms with E-state index in [0.29, 0.717) is 5.92 Å². The Kier molecular flexibility index (Phi) is 10.3. The molecule has 2 rings (SSSR count). The van der Waals surface area contributed by atoms with E-state index >= 15 is 0 Å². The Balaban J connectivity index is 1.66. The number of guanidine groups is 1. The van der Waals surface area contributed by atoms with Crippen LogP contribution >= 0.6 is 0 Å². The monoisotopic (exact) mass is 446 g/mol. The van der Waals surface area contributed by atoms with E-state index in [9.17, 15) is 4.79 Å². The minimum absolute atomic E-state index is 0.441. The maximum Gasteiger partial charge on any atom is 0.412 e. The molecule has 0 saturated carbocycles. The molecule has 0 aliphatic carbocycles. The Morgan fingerprint density at radius 1 is 1.12 bits per heavy atom. The normalized spacial score (nSPS) is 17.0. The number of carbonyl (C=O) groups is 1. The van der Waals surface area contributed by atoms with E-state index in [2.05, 4.69) is 44.7 Å². The molecule has 0 radical (unpaired) electrons. The highest BCUT2D eigenvalue weighted by molar-refractivity contribution is 5.84. The summed E-state index contributed by atoms with van der Waals surface area (Å²) in [5.74, 6) is 1.39. The highest BCUT2D eigenvalue weighted by atomic mass is 16.6. The summed E-state index contributed by atoms with van der Waals surface area (Å²) >= 11 is 0. The van der Waals surface area contributed by atoms with Crippen molar-refractivity contribution in [3.8, 4) is 0 Å². The molecule has 1 aliphatic rings. The van der Waals surface area contributed by atoms with Crippen LogP contribution in [0.25, 0.3) is 0 Å². The number of piperazine rings is 1. The van der Waals surface area contributed by atoms with E-state index in [4.69, 9.17) is 4.74 Å². The van der Waals surface area contributed by atoms with E-state index in [-0.39, 0.29) is 0 Å². The molecule has 0 spiro atoms. The van der Waals surface area contributed by atoms with Gasteiger partial charge in [0.1, 0.15) is 5.60 Å². The van der Waals surface area contributed by atoms with Crippen LogP contribution in [0, 0.1) is 5.92 Å². The fourth-order valence-electron chi connectivity index (χ4n) is 3.53. The van der Waals surface area contributed by atoms with Crippen molar-refractivity contribution in [3.63, 3.8) is 0 Å². The van der Waals surface area contributed by atoms with Crippen LogP contribution in [0.4, 0.5) is 10.5 Å². The van der Waals surface area contributed by atoms with Crippen molar-refractivity contribution in [2.75, 3.05) is 65.2 Å². The second-order valence-corrected chi connectivity index (χ2v) is 9.66. The van der Waals surface area contributed by atoms with Gasteiger partial charge in [0.2, 0.25) is 0 Å². The SMILES string of the molecule is CN=C(NCCc1ccc(NC(=O)OC(C)(C)C)cc1)NCC(C)CN1CCN(C)CC1. The maximum absolute atomic E-state index is 11.9. The lowest BCUT2D eigenvalue weighted by Gasteiger charge is -2.34. The largest absolute Gasteiger partial charge is 0.444 e. The van der Waals surface area contributed by atoms with Crippen LogP contribution in [0.5, 0.6) is 0 Å². The first-order valence-electron chi connectivity index (χ1n) is 11.6. The third-order valence-corrected chi connectivity index (χ3v) is 5.31. The third kappa shape index (κ3) is 10.3. The summed E-state index contributed by atoms with van der Waals surface area (Å²) in [7, 11) is 3.99. The van der Waals surface area contributed by atoms with Gasteiger partial charge in [-0.05, 0) is 57.9 Å². The highest BCUT2D eigenvalue weighted by Gasteiger charge is 2.17. The fourth-order valence-corrected chi connectivity index (χ4v) is 3.53. The zero-order chi connectivity index (χ0) is 23.6. The number of anilines is 1. The van der Waals surface area contributed by atoms with Crippen molar-refractivity contribution >= 4 is 17.7 Å². The number of carbonyl (C=O) groups excluding carboxylic acids is 1. The van der Waals surface area contributed by atoms with Gasteiger partial charge in [0.05, 0.1) is 0 Å². The smallest absolute Gasteiger partial charge is 0.412 e. The predicted octanol–water partition coefficient (Wildman–Crippen LogP) is 2.62. The first-order chi connectivity index (χ1) is 15.1. The number of benzene rings is 1. The predicted molar refractivity (Wildman–Crippen MR) is 132 cm³/mol. The Morgan fingerprint density at radius 3 is 2.38 bits per heavy atom. The summed E-state index contributed by atoms with van der Waals surface area (Å²) in [5.41, 5.74) is 1.40. The summed E-state index contributed by atoms with van der Waals surface area (Å²) in [6.45, 7) is 15.2. The van der Waals surface area contributed by atoms with Crippen molar-refractivity contribution in [1.29, 1.82) is 0 Å². The van der Waals surface area contributed by atoms with E-state index in [1.54, 1.807) is 7.05 Å². The topological polar surface area (TPSA) is 81.2 Å². The maximum atomic E-state index is 11.9. The quantitative estimate of drug-likeness (QED) is 0.421. The molecule has 1 amide bonds. The first kappa shape index (κ1) is 25.9. The number of hydrogen-bond donors (Lipinski definition) is 3. The number of nitrogens with one attached hydrogen (secondary N) is 3. The molecule has 1 aromatic rings. The van der Waals surface area contributed by atoms with Crippen LogP contribution in [0.2, 0.25) is 0 Å². The fraction of sp³-hybridized carbons (Fsp3) is 0.667. The number of rotatable bonds is 8. The Hall–Kier alpha value is -2.32. The molecule has 8 heteroatoms. The van der Waals surface area contributed by atoms with E-state index in [0.717, 1.165) is 63.9 Å². The average Bonchev–Trinajstić information content (AvgIpc) is 2.72. The summed E-state index contributed by atoms with van der Waals surface area (Å²) in [6, 6.07) is 7.82. The molecule has 1 fully saturated rings. The molecule has 3 N–H and O–H groups in total. The Labute approximate surface area is 193 Å². The van der Waals surface area contributed by atoms with Crippen LogP contribution in [-0.4, -0.2) is 87.4 Å². The van der Waals surface area contributed by atoms with Crippen molar-refractivity contribution in [1.82, 2.24) is 20.4 Å². The van der Waals surface area contributed by atoms with Gasteiger partial charge in [0, 0.05) is 58.5 Å². The van der Waals surface area contributed by atoms with Gasteiger partial charge in [-0.3, -0.25) is 10.3 Å². The van der Waals surface area contributed by atoms with E-state index in [1.165, 1.54) is 5.56 Å². The standard InChI is InChI=1S/C24H42N6O2/c1-19(18-30-15-13-29(6)14-16-30)17-27-22(25-5)26-12-11-20-7-9-21(10-8-20)28-23(31)32-24(2,3)4/h7-10,19H,11-18H2,1-6H3,(H,28,31)(H2,25,26,27). The average molecular weight is 447 g/mol. The lowest BCUT2D eigenvalue weighted by molar-refractivity contribution is 0.0636. The van der Waals surface area contributed by atoms with Gasteiger partial charge in [-0.1, -0.05) is 19.1 Å². The number of ether oxygens (including phenoxy) is 1. The van der Waals surface area contributed by atoms with E-state index in [1.807, 2.05) is 45.0 Å². The number of aliphatic imine (C=N–C) groups is 1. The van der Waals surface area contributed by atoms with Gasteiger partial charge in [-0.2, -0.15) is 0 Å². The number of likely N-dealkylation sites (N-methyl/N-ethyl adjacent to an activating group) is 1. The van der Waals surface area contributed by atoms with Crippen molar-refractivity contribution in [2.45, 2.75) is 39.7 Å². The lowest BCUT2D eigenvalue weighted by atomic mass is 10.1. The minimum atomic E-state index is -0.509. The van der Waals surface area contributed by atoms with Crippen molar-refractivity contribution < 1.29 is 9.53 Å². The molecule has 180 valence electrons. The Bertz CT molecular complexity index is 721. The zero-order valence-electron chi connectivity index (χ0n) is 20.7. The minimum Gasteiger partial charge on any atom is -0.444 e. The molecule has 0 aromatic heterocycles. The highest BCUT2D eigenvalue weighted by Crippen LogP contribution is 2.13. The van der Waals surface area contributed by atoms with Gasteiger partial charge < -0.3 is 25.2 Å². The van der Waals surface area contributed by atoms with Gasteiger partial charge >= 0.3 is 6.09 Å². The van der Waals surface area contributed by atoms with Gasteiger partial charge in [0.15, 0.2) is 5.96 Å². The van der Waals surface area contributed by atoms with Gasteiger partial charge in [-0.25, -0.2) is 4.79 Å². The summed E-state index contributed by atoms with van der Waals surface area (Å²) in [6.07, 6.45) is 0.424. The second kappa shape index (κ2) is 12.6. The van der Waals surface area contributed by atoms with Gasteiger partial charge in [0.25, 0.3) is 0 Å². The van der Waals surface area contributed by atoms with Crippen LogP contribution < -0.4 is 16.0 Å². The first-order valence-corrected chi connectivity index (χ1v) is 11.6. The molecule has 1 aliphatic heterocycles.